The van der Waals surface area contributed by atoms with E-state index in [4.69, 9.17) is 10.2 Å². The maximum absolute atomic E-state index is 8.67. The second kappa shape index (κ2) is 4.15. The average molecular weight is 128 g/mol. The zero-order valence-electron chi connectivity index (χ0n) is 5.54. The molecular weight excluding hydrogens is 116 g/mol. The minimum absolute atomic E-state index is 0.118. The summed E-state index contributed by atoms with van der Waals surface area (Å²) >= 11 is 0. The van der Waals surface area contributed by atoms with Crippen molar-refractivity contribution in [2.75, 3.05) is 0 Å². The van der Waals surface area contributed by atoms with Crippen molar-refractivity contribution in [2.45, 2.75) is 19.4 Å². The van der Waals surface area contributed by atoms with Gasteiger partial charge in [-0.15, -0.1) is 0 Å². The molecule has 0 saturated carbocycles. The summed E-state index contributed by atoms with van der Waals surface area (Å²) in [4.78, 5) is 0. The van der Waals surface area contributed by atoms with Crippen LogP contribution >= 0.6 is 0 Å². The predicted molar refractivity (Wildman–Crippen MR) is 37.2 cm³/mol. The summed E-state index contributed by atoms with van der Waals surface area (Å²) in [5.74, 6) is 0.118. The van der Waals surface area contributed by atoms with Crippen LogP contribution < -0.4 is 0 Å². The van der Waals surface area contributed by atoms with Crippen LogP contribution in [0.15, 0.2) is 24.5 Å². The Hall–Kier alpha value is -0.760. The van der Waals surface area contributed by atoms with E-state index in [2.05, 4.69) is 6.58 Å². The van der Waals surface area contributed by atoms with Crippen LogP contribution in [-0.2, 0) is 0 Å². The molecule has 0 fully saturated rings. The van der Waals surface area contributed by atoms with Gasteiger partial charge >= 0.3 is 0 Å². The van der Waals surface area contributed by atoms with Gasteiger partial charge in [0, 0.05) is 6.42 Å². The first-order valence-electron chi connectivity index (χ1n) is 2.84. The molecule has 0 aliphatic heterocycles. The summed E-state index contributed by atoms with van der Waals surface area (Å²) in [5.41, 5.74) is 0. The van der Waals surface area contributed by atoms with Crippen molar-refractivity contribution >= 4 is 0 Å². The number of rotatable bonds is 3. The smallest absolute Gasteiger partial charge is 0.0888 e. The Morgan fingerprint density at radius 1 is 1.78 bits per heavy atom. The maximum Gasteiger partial charge on any atom is 0.0888 e. The van der Waals surface area contributed by atoms with E-state index in [-0.39, 0.29) is 5.76 Å². The van der Waals surface area contributed by atoms with Crippen LogP contribution in [0.25, 0.3) is 0 Å². The molecule has 0 spiro atoms. The maximum atomic E-state index is 8.67. The highest BCUT2D eigenvalue weighted by atomic mass is 16.3. The van der Waals surface area contributed by atoms with E-state index in [0.29, 0.717) is 6.42 Å². The first-order valence-corrected chi connectivity index (χ1v) is 2.84. The lowest BCUT2D eigenvalue weighted by molar-refractivity contribution is 0.243. The van der Waals surface area contributed by atoms with Crippen molar-refractivity contribution in [3.05, 3.63) is 24.5 Å². The molecule has 0 aliphatic carbocycles. The third-order valence-corrected chi connectivity index (χ3v) is 0.768. The Morgan fingerprint density at radius 3 is 2.67 bits per heavy atom. The standard InChI is InChI=1S/C7H12O2/c1-6(8)4-3-5-7(2)9/h3,5,7-9H,1,4H2,2H3. The molecule has 2 N–H and O–H groups in total. The van der Waals surface area contributed by atoms with Gasteiger partial charge in [0.2, 0.25) is 0 Å². The van der Waals surface area contributed by atoms with Crippen molar-refractivity contribution in [1.82, 2.24) is 0 Å². The first kappa shape index (κ1) is 8.24. The fraction of sp³-hybridized carbons (Fsp3) is 0.429. The van der Waals surface area contributed by atoms with E-state index in [0.717, 1.165) is 0 Å². The Balaban J connectivity index is 3.36. The van der Waals surface area contributed by atoms with Crippen LogP contribution in [0.5, 0.6) is 0 Å². The van der Waals surface area contributed by atoms with Crippen molar-refractivity contribution in [3.63, 3.8) is 0 Å². The van der Waals surface area contributed by atoms with Crippen molar-refractivity contribution in [1.29, 1.82) is 0 Å². The molecule has 0 rings (SSSR count). The summed E-state index contributed by atoms with van der Waals surface area (Å²) < 4.78 is 0. The molecule has 0 aromatic carbocycles. The van der Waals surface area contributed by atoms with Gasteiger partial charge in [-0.25, -0.2) is 0 Å². The fourth-order valence-electron chi connectivity index (χ4n) is 0.401. The van der Waals surface area contributed by atoms with Gasteiger partial charge in [0.25, 0.3) is 0 Å². The molecule has 1 atom stereocenters. The summed E-state index contributed by atoms with van der Waals surface area (Å²) in [7, 11) is 0. The second-order valence-corrected chi connectivity index (χ2v) is 1.94. The molecular formula is C7H12O2. The molecule has 9 heavy (non-hydrogen) atoms. The summed E-state index contributed by atoms with van der Waals surface area (Å²) in [6, 6.07) is 0. The summed E-state index contributed by atoms with van der Waals surface area (Å²) in [6.45, 7) is 4.92. The van der Waals surface area contributed by atoms with E-state index in [1.165, 1.54) is 0 Å². The largest absolute Gasteiger partial charge is 0.513 e. The van der Waals surface area contributed by atoms with Gasteiger partial charge in [-0.3, -0.25) is 0 Å². The lowest BCUT2D eigenvalue weighted by Gasteiger charge is -1.92. The van der Waals surface area contributed by atoms with E-state index < -0.39 is 6.10 Å². The number of hydrogen-bond acceptors (Lipinski definition) is 2. The number of allylic oxidation sites excluding steroid dienone is 1. The van der Waals surface area contributed by atoms with Crippen LogP contribution in [0.1, 0.15) is 13.3 Å². The number of hydrogen-bond donors (Lipinski definition) is 2. The van der Waals surface area contributed by atoms with Gasteiger partial charge in [-0.1, -0.05) is 18.7 Å². The van der Waals surface area contributed by atoms with Crippen molar-refractivity contribution in [3.8, 4) is 0 Å². The Bertz CT molecular complexity index is 114. The topological polar surface area (TPSA) is 40.5 Å². The molecule has 2 nitrogen and oxygen atoms in total. The van der Waals surface area contributed by atoms with E-state index in [9.17, 15) is 0 Å². The highest BCUT2D eigenvalue weighted by Crippen LogP contribution is 1.93. The first-order chi connectivity index (χ1) is 4.13. The molecule has 0 saturated heterocycles. The van der Waals surface area contributed by atoms with E-state index >= 15 is 0 Å². The van der Waals surface area contributed by atoms with Crippen LogP contribution in [-0.4, -0.2) is 16.3 Å². The lowest BCUT2D eigenvalue weighted by atomic mass is 10.3. The van der Waals surface area contributed by atoms with Gasteiger partial charge in [-0.05, 0) is 6.92 Å². The molecule has 0 amide bonds. The predicted octanol–water partition coefficient (Wildman–Crippen LogP) is 1.39. The minimum Gasteiger partial charge on any atom is -0.513 e. The third kappa shape index (κ3) is 7.24. The Morgan fingerprint density at radius 2 is 2.33 bits per heavy atom. The SMILES string of the molecule is C=C(O)CC=CC(C)O. The molecule has 2 heteroatoms. The average Bonchev–Trinajstić information content (AvgIpc) is 1.63. The molecule has 0 bridgehead atoms. The minimum atomic E-state index is -0.440. The van der Waals surface area contributed by atoms with Gasteiger partial charge in [0.1, 0.15) is 0 Å². The lowest BCUT2D eigenvalue weighted by Crippen LogP contribution is -1.91. The molecule has 52 valence electrons. The van der Waals surface area contributed by atoms with Gasteiger partial charge in [-0.2, -0.15) is 0 Å². The van der Waals surface area contributed by atoms with Crippen LogP contribution in [0.2, 0.25) is 0 Å². The molecule has 1 unspecified atom stereocenters. The highest BCUT2D eigenvalue weighted by Gasteiger charge is 1.85. The zero-order valence-corrected chi connectivity index (χ0v) is 5.54. The summed E-state index contributed by atoms with van der Waals surface area (Å²) in [5, 5.41) is 17.2. The van der Waals surface area contributed by atoms with Gasteiger partial charge in [0.05, 0.1) is 11.9 Å². The van der Waals surface area contributed by atoms with Crippen LogP contribution in [0.3, 0.4) is 0 Å². The zero-order chi connectivity index (χ0) is 7.28. The van der Waals surface area contributed by atoms with Crippen molar-refractivity contribution in [2.24, 2.45) is 0 Å². The van der Waals surface area contributed by atoms with Crippen LogP contribution in [0.4, 0.5) is 0 Å². The molecule has 0 aliphatic rings. The van der Waals surface area contributed by atoms with Gasteiger partial charge < -0.3 is 10.2 Å². The van der Waals surface area contributed by atoms with Gasteiger partial charge in [0.15, 0.2) is 0 Å². The van der Waals surface area contributed by atoms with E-state index in [1.54, 1.807) is 19.1 Å². The normalized spacial score (nSPS) is 14.0. The molecule has 0 aromatic rings. The molecule has 0 heterocycles. The monoisotopic (exact) mass is 128 g/mol. The van der Waals surface area contributed by atoms with Crippen molar-refractivity contribution < 1.29 is 10.2 Å². The highest BCUT2D eigenvalue weighted by molar-refractivity contribution is 4.95. The summed E-state index contributed by atoms with van der Waals surface area (Å²) in [6.07, 6.45) is 3.25. The number of aliphatic hydroxyl groups excluding tert-OH is 2. The Labute approximate surface area is 55.1 Å². The second-order valence-electron chi connectivity index (χ2n) is 1.94. The molecule has 0 radical (unpaired) electrons. The number of aliphatic hydroxyl groups is 2. The van der Waals surface area contributed by atoms with E-state index in [1.807, 2.05) is 0 Å². The quantitative estimate of drug-likeness (QED) is 0.445. The fourth-order valence-corrected chi connectivity index (χ4v) is 0.401. The Kier molecular flexibility index (Phi) is 3.80. The van der Waals surface area contributed by atoms with Crippen LogP contribution in [0, 0.1) is 0 Å². The molecule has 0 aromatic heterocycles. The third-order valence-electron chi connectivity index (χ3n) is 0.768.